The average Bonchev–Trinajstić information content (AvgIpc) is 3.25. The van der Waals surface area contributed by atoms with Crippen LogP contribution in [0.5, 0.6) is 0 Å². The minimum absolute atomic E-state index is 0.419. The van der Waals surface area contributed by atoms with Gasteiger partial charge < -0.3 is 15.1 Å². The Morgan fingerprint density at radius 2 is 1.73 bits per heavy atom. The normalized spacial score (nSPS) is 31.7. The summed E-state index contributed by atoms with van der Waals surface area (Å²) in [7, 11) is 2.29. The third-order valence-electron chi connectivity index (χ3n) is 5.95. The van der Waals surface area contributed by atoms with Gasteiger partial charge in [-0.1, -0.05) is 42.0 Å². The first kappa shape index (κ1) is 18.4. The molecule has 0 spiro atoms. The summed E-state index contributed by atoms with van der Waals surface area (Å²) in [5, 5.41) is 15.6. The van der Waals surface area contributed by atoms with Gasteiger partial charge in [0.2, 0.25) is 0 Å². The van der Waals surface area contributed by atoms with Gasteiger partial charge in [-0.05, 0) is 43.7 Å². The highest BCUT2D eigenvalue weighted by Gasteiger charge is 2.60. The highest BCUT2D eigenvalue weighted by atomic mass is 16.4. The van der Waals surface area contributed by atoms with E-state index < -0.39 is 11.9 Å². The fourth-order valence-electron chi connectivity index (χ4n) is 4.97. The molecule has 2 N–H and O–H groups in total. The second-order valence-corrected chi connectivity index (χ2v) is 7.61. The van der Waals surface area contributed by atoms with Crippen LogP contribution in [0.4, 0.5) is 0 Å². The Kier molecular flexibility index (Phi) is 5.01. The number of aryl methyl sites for hydroxylation is 1. The molecule has 4 unspecified atom stereocenters. The number of carboxylic acid groups (broad SMARTS) is 2. The van der Waals surface area contributed by atoms with Crippen molar-refractivity contribution in [1.29, 1.82) is 0 Å². The van der Waals surface area contributed by atoms with E-state index in [0.717, 1.165) is 17.8 Å². The van der Waals surface area contributed by atoms with Gasteiger partial charge in [0, 0.05) is 30.7 Å². The minimum atomic E-state index is -1.26. The van der Waals surface area contributed by atoms with E-state index in [2.05, 4.69) is 55.3 Å². The lowest BCUT2D eigenvalue weighted by Gasteiger charge is -2.37. The first-order valence-corrected chi connectivity index (χ1v) is 8.91. The Morgan fingerprint density at radius 1 is 1.12 bits per heavy atom. The summed E-state index contributed by atoms with van der Waals surface area (Å²) >= 11 is 0. The Hall–Kier alpha value is -2.40. The van der Waals surface area contributed by atoms with Gasteiger partial charge in [-0.25, -0.2) is 9.59 Å². The van der Waals surface area contributed by atoms with Gasteiger partial charge in [0.05, 0.1) is 0 Å². The van der Waals surface area contributed by atoms with Gasteiger partial charge in [-0.15, -0.1) is 0 Å². The van der Waals surface area contributed by atoms with E-state index in [4.69, 9.17) is 10.2 Å². The van der Waals surface area contributed by atoms with E-state index in [1.54, 1.807) is 5.56 Å². The number of fused-ring (bicyclic) bond motifs is 5. The monoisotopic (exact) mass is 355 g/mol. The zero-order valence-electron chi connectivity index (χ0n) is 15.1. The van der Waals surface area contributed by atoms with Crippen molar-refractivity contribution in [2.24, 2.45) is 17.8 Å². The summed E-state index contributed by atoms with van der Waals surface area (Å²) in [4.78, 5) is 21.6. The first-order valence-electron chi connectivity index (χ1n) is 8.91. The van der Waals surface area contributed by atoms with Gasteiger partial charge in [-0.2, -0.15) is 0 Å². The van der Waals surface area contributed by atoms with E-state index in [1.165, 1.54) is 25.1 Å². The molecule has 0 amide bonds. The van der Waals surface area contributed by atoms with Gasteiger partial charge in [0.25, 0.3) is 0 Å². The van der Waals surface area contributed by atoms with E-state index in [9.17, 15) is 9.59 Å². The summed E-state index contributed by atoms with van der Waals surface area (Å²) in [6.45, 7) is 4.70. The van der Waals surface area contributed by atoms with Crippen molar-refractivity contribution in [1.82, 2.24) is 4.90 Å². The van der Waals surface area contributed by atoms with E-state index in [0.29, 0.717) is 17.6 Å². The molecule has 26 heavy (non-hydrogen) atoms. The maximum Gasteiger partial charge on any atom is 0.328 e. The summed E-state index contributed by atoms with van der Waals surface area (Å²) in [6, 6.07) is 9.34. The molecule has 2 fully saturated rings. The summed E-state index contributed by atoms with van der Waals surface area (Å²) in [6.07, 6.45) is 7.50. The molecule has 138 valence electrons. The molecule has 1 saturated carbocycles. The molecule has 2 aliphatic carbocycles. The van der Waals surface area contributed by atoms with Gasteiger partial charge in [0.15, 0.2) is 0 Å². The van der Waals surface area contributed by atoms with Crippen LogP contribution in [0, 0.1) is 24.7 Å². The highest BCUT2D eigenvalue weighted by molar-refractivity contribution is 5.89. The summed E-state index contributed by atoms with van der Waals surface area (Å²) in [5.74, 6) is -0.0542. The maximum atomic E-state index is 9.55. The summed E-state index contributed by atoms with van der Waals surface area (Å²) < 4.78 is 0. The molecule has 0 aromatic heterocycles. The molecule has 1 saturated heterocycles. The lowest BCUT2D eigenvalue weighted by atomic mass is 9.66. The Balaban J connectivity index is 0.000000211. The predicted molar refractivity (Wildman–Crippen MR) is 99.0 cm³/mol. The number of aliphatic carboxylic acids is 2. The maximum absolute atomic E-state index is 9.55. The van der Waals surface area contributed by atoms with Crippen LogP contribution in [0.15, 0.2) is 48.6 Å². The number of hydrogen-bond donors (Lipinski definition) is 2. The van der Waals surface area contributed by atoms with Crippen LogP contribution < -0.4 is 0 Å². The number of rotatable bonds is 3. The number of likely N-dealkylation sites (N-methyl/N-ethyl adjacent to an activating group) is 1. The Morgan fingerprint density at radius 3 is 2.31 bits per heavy atom. The number of nitrogens with zero attached hydrogens (tertiary/aromatic N) is 1. The molecule has 4 rings (SSSR count). The predicted octanol–water partition coefficient (Wildman–Crippen LogP) is 2.71. The van der Waals surface area contributed by atoms with Crippen molar-refractivity contribution in [2.75, 3.05) is 20.1 Å². The topological polar surface area (TPSA) is 77.8 Å². The molecule has 5 heteroatoms. The van der Waals surface area contributed by atoms with Crippen molar-refractivity contribution < 1.29 is 19.8 Å². The molecule has 1 aliphatic heterocycles. The molecule has 3 aliphatic rings. The fraction of sp³-hybridized carbons (Fsp3) is 0.429. The van der Waals surface area contributed by atoms with Crippen LogP contribution in [-0.2, 0) is 15.0 Å². The molecular weight excluding hydrogens is 330 g/mol. The Labute approximate surface area is 153 Å². The zero-order chi connectivity index (χ0) is 18.9. The third-order valence-corrected chi connectivity index (χ3v) is 5.95. The number of carboxylic acids is 2. The molecule has 0 radical (unpaired) electrons. The summed E-state index contributed by atoms with van der Waals surface area (Å²) in [5.41, 5.74) is 3.37. The lowest BCUT2D eigenvalue weighted by Crippen LogP contribution is -2.39. The van der Waals surface area contributed by atoms with Crippen molar-refractivity contribution in [3.8, 4) is 0 Å². The molecule has 1 heterocycles. The van der Waals surface area contributed by atoms with E-state index in [-0.39, 0.29) is 0 Å². The van der Waals surface area contributed by atoms with Gasteiger partial charge in [-0.3, -0.25) is 0 Å². The minimum Gasteiger partial charge on any atom is -0.478 e. The van der Waals surface area contributed by atoms with Crippen LogP contribution in [0.2, 0.25) is 0 Å². The first-order chi connectivity index (χ1) is 12.3. The molecular formula is C21H25NO4. The Bertz CT molecular complexity index is 736. The molecule has 5 nitrogen and oxygen atoms in total. The standard InChI is InChI=1S/C17H21N.C4H4O4/c1-12-3-6-14(7-4-12)17-11-18(2)10-16(17)13-5-8-15(17)9-13;5-3(6)1-2-4(7)8/h3-8,13,15-16H,9-11H2,1-2H3;1-2H,(H,5,6)(H,7,8). The molecule has 4 atom stereocenters. The van der Waals surface area contributed by atoms with Crippen molar-refractivity contribution in [3.05, 3.63) is 59.7 Å². The van der Waals surface area contributed by atoms with Crippen LogP contribution >= 0.6 is 0 Å². The number of benzene rings is 1. The number of likely N-dealkylation sites (tertiary alicyclic amines) is 1. The second-order valence-electron chi connectivity index (χ2n) is 7.61. The molecule has 1 aromatic carbocycles. The van der Waals surface area contributed by atoms with E-state index in [1.807, 2.05) is 0 Å². The van der Waals surface area contributed by atoms with Crippen molar-refractivity contribution >= 4 is 11.9 Å². The quantitative estimate of drug-likeness (QED) is 0.644. The smallest absolute Gasteiger partial charge is 0.328 e. The fourth-order valence-corrected chi connectivity index (χ4v) is 4.97. The largest absolute Gasteiger partial charge is 0.478 e. The average molecular weight is 355 g/mol. The molecule has 1 aromatic rings. The number of allylic oxidation sites excluding steroid dienone is 2. The van der Waals surface area contributed by atoms with Crippen molar-refractivity contribution in [3.63, 3.8) is 0 Å². The van der Waals surface area contributed by atoms with Crippen LogP contribution in [0.1, 0.15) is 17.5 Å². The lowest BCUT2D eigenvalue weighted by molar-refractivity contribution is -0.134. The van der Waals surface area contributed by atoms with Gasteiger partial charge >= 0.3 is 11.9 Å². The van der Waals surface area contributed by atoms with Crippen LogP contribution in [0.25, 0.3) is 0 Å². The number of hydrogen-bond acceptors (Lipinski definition) is 3. The SMILES string of the molecule is Cc1ccc(C23CN(C)CC2C2C=CC3C2)cc1.O=C(O)C=CC(=O)O. The molecule has 2 bridgehead atoms. The van der Waals surface area contributed by atoms with Crippen LogP contribution in [-0.4, -0.2) is 47.2 Å². The number of carbonyl (C=O) groups is 2. The van der Waals surface area contributed by atoms with Crippen molar-refractivity contribution in [2.45, 2.75) is 18.8 Å². The van der Waals surface area contributed by atoms with Gasteiger partial charge in [0.1, 0.15) is 0 Å². The van der Waals surface area contributed by atoms with Crippen LogP contribution in [0.3, 0.4) is 0 Å². The van der Waals surface area contributed by atoms with E-state index >= 15 is 0 Å². The zero-order valence-corrected chi connectivity index (χ0v) is 15.1. The second kappa shape index (κ2) is 7.08. The third kappa shape index (κ3) is 3.31. The highest BCUT2D eigenvalue weighted by Crippen LogP contribution is 2.60.